The number of carbonyl (C=O) groups is 2. The minimum absolute atomic E-state index is 0.165. The Bertz CT molecular complexity index is 1110. The normalized spacial score (nSPS) is 15.2. The van der Waals surface area contributed by atoms with Gasteiger partial charge in [0.1, 0.15) is 4.83 Å². The minimum atomic E-state index is -0.306. The van der Waals surface area contributed by atoms with Crippen LogP contribution in [0.1, 0.15) is 48.7 Å². The zero-order valence-electron chi connectivity index (χ0n) is 13.5. The van der Waals surface area contributed by atoms with Crippen LogP contribution in [0.2, 0.25) is 0 Å². The first-order valence-corrected chi connectivity index (χ1v) is 9.40. The summed E-state index contributed by atoms with van der Waals surface area (Å²) in [5.74, 6) is -0.569. The summed E-state index contributed by atoms with van der Waals surface area (Å²) in [6.07, 6.45) is 2.29. The maximum atomic E-state index is 12.7. The number of rotatable bonds is 2. The lowest BCUT2D eigenvalue weighted by atomic mass is 9.99. The number of ketones is 2. The van der Waals surface area contributed by atoms with Crippen molar-refractivity contribution >= 4 is 49.8 Å². The summed E-state index contributed by atoms with van der Waals surface area (Å²) >= 11 is 3.06. The summed E-state index contributed by atoms with van der Waals surface area (Å²) in [7, 11) is 0. The fourth-order valence-electron chi connectivity index (χ4n) is 3.01. The molecule has 2 aromatic heterocycles. The van der Waals surface area contributed by atoms with Gasteiger partial charge in [0.2, 0.25) is 0 Å². The van der Waals surface area contributed by atoms with Crippen LogP contribution in [0.3, 0.4) is 0 Å². The molecule has 6 heteroatoms. The van der Waals surface area contributed by atoms with Crippen molar-refractivity contribution in [2.75, 3.05) is 0 Å². The van der Waals surface area contributed by atoms with Crippen LogP contribution < -0.4 is 0 Å². The third kappa shape index (κ3) is 2.44. The number of allylic oxidation sites excluding steroid dienone is 1. The zero-order chi connectivity index (χ0) is 17.7. The smallest absolute Gasteiger partial charge is 0.197 e. The molecule has 4 rings (SSSR count). The summed E-state index contributed by atoms with van der Waals surface area (Å²) in [5, 5.41) is 10.2. The van der Waals surface area contributed by atoms with E-state index in [4.69, 9.17) is 0 Å². The van der Waals surface area contributed by atoms with E-state index in [9.17, 15) is 14.9 Å². The number of aromatic nitrogens is 1. The Morgan fingerprint density at radius 1 is 1.16 bits per heavy atom. The van der Waals surface area contributed by atoms with Gasteiger partial charge in [0.05, 0.1) is 26.9 Å². The van der Waals surface area contributed by atoms with Gasteiger partial charge in [-0.1, -0.05) is 6.92 Å². The molecule has 0 saturated carbocycles. The number of nitrogens with zero attached hydrogens (tertiary/aromatic N) is 2. The van der Waals surface area contributed by atoms with Crippen molar-refractivity contribution in [1.29, 1.82) is 5.26 Å². The first-order chi connectivity index (χ1) is 12.0. The van der Waals surface area contributed by atoms with Crippen LogP contribution in [-0.4, -0.2) is 16.6 Å². The molecule has 0 fully saturated rings. The number of aryl methyl sites for hydroxylation is 2. The van der Waals surface area contributed by atoms with E-state index in [1.54, 1.807) is 29.5 Å². The van der Waals surface area contributed by atoms with Crippen LogP contribution >= 0.6 is 22.7 Å². The molecule has 1 aliphatic rings. The van der Waals surface area contributed by atoms with Crippen molar-refractivity contribution in [3.05, 3.63) is 55.9 Å². The number of hydrogen-bond acceptors (Lipinski definition) is 6. The van der Waals surface area contributed by atoms with Crippen LogP contribution in [0, 0.1) is 18.3 Å². The van der Waals surface area contributed by atoms with Gasteiger partial charge < -0.3 is 0 Å². The average Bonchev–Trinajstić information content (AvgIpc) is 3.19. The van der Waals surface area contributed by atoms with Crippen LogP contribution in [-0.2, 0) is 6.42 Å². The fraction of sp³-hybridized carbons (Fsp3) is 0.158. The molecule has 25 heavy (non-hydrogen) atoms. The molecule has 0 saturated heterocycles. The van der Waals surface area contributed by atoms with Gasteiger partial charge in [0.25, 0.3) is 0 Å². The molecule has 0 spiro atoms. The summed E-state index contributed by atoms with van der Waals surface area (Å²) < 4.78 is 1.06. The summed E-state index contributed by atoms with van der Waals surface area (Å²) in [6, 6.07) is 7.30. The maximum absolute atomic E-state index is 12.7. The number of thiazole rings is 1. The highest BCUT2D eigenvalue weighted by atomic mass is 32.1. The standard InChI is InChI=1S/C19H12N2O2S2/c1-3-10-4-13-14(5-11(10)8-20)18(23)15(17(13)22)6-12-7-16-19(25-12)21-9(2)24-16/h4-7H,3H2,1-2H3/b15-6-. The van der Waals surface area contributed by atoms with Gasteiger partial charge in [-0.2, -0.15) is 5.26 Å². The topological polar surface area (TPSA) is 70.8 Å². The monoisotopic (exact) mass is 364 g/mol. The van der Waals surface area contributed by atoms with Crippen molar-refractivity contribution in [2.24, 2.45) is 0 Å². The molecule has 3 aromatic rings. The van der Waals surface area contributed by atoms with E-state index in [-0.39, 0.29) is 17.1 Å². The number of benzene rings is 1. The van der Waals surface area contributed by atoms with E-state index >= 15 is 0 Å². The predicted molar refractivity (Wildman–Crippen MR) is 99.4 cm³/mol. The Labute approximate surface area is 152 Å². The highest BCUT2D eigenvalue weighted by molar-refractivity contribution is 7.27. The third-order valence-electron chi connectivity index (χ3n) is 4.23. The Kier molecular flexibility index (Phi) is 3.64. The lowest BCUT2D eigenvalue weighted by Gasteiger charge is -2.03. The molecule has 0 amide bonds. The molecule has 0 bridgehead atoms. The van der Waals surface area contributed by atoms with Gasteiger partial charge >= 0.3 is 0 Å². The van der Waals surface area contributed by atoms with E-state index in [1.165, 1.54) is 11.3 Å². The second kappa shape index (κ2) is 5.73. The van der Waals surface area contributed by atoms with E-state index in [0.29, 0.717) is 23.1 Å². The molecule has 4 nitrogen and oxygen atoms in total. The lowest BCUT2D eigenvalue weighted by molar-refractivity contribution is 0.0990. The molecule has 0 N–H and O–H groups in total. The van der Waals surface area contributed by atoms with Crippen LogP contribution in [0.25, 0.3) is 15.6 Å². The highest BCUT2D eigenvalue weighted by Crippen LogP contribution is 2.34. The van der Waals surface area contributed by atoms with Crippen LogP contribution in [0.15, 0.2) is 23.8 Å². The Morgan fingerprint density at radius 2 is 1.88 bits per heavy atom. The van der Waals surface area contributed by atoms with Gasteiger partial charge in [-0.3, -0.25) is 9.59 Å². The van der Waals surface area contributed by atoms with Crippen LogP contribution in [0.4, 0.5) is 0 Å². The van der Waals surface area contributed by atoms with Crippen molar-refractivity contribution < 1.29 is 9.59 Å². The quantitative estimate of drug-likeness (QED) is 0.493. The van der Waals surface area contributed by atoms with E-state index < -0.39 is 0 Å². The molecule has 122 valence electrons. The number of fused-ring (bicyclic) bond motifs is 2. The minimum Gasteiger partial charge on any atom is -0.288 e. The number of hydrogen-bond donors (Lipinski definition) is 0. The number of carbonyl (C=O) groups excluding carboxylic acids is 2. The number of nitriles is 1. The van der Waals surface area contributed by atoms with Crippen molar-refractivity contribution in [3.63, 3.8) is 0 Å². The number of thiophene rings is 1. The van der Waals surface area contributed by atoms with E-state index in [2.05, 4.69) is 11.1 Å². The largest absolute Gasteiger partial charge is 0.288 e. The average molecular weight is 364 g/mol. The summed E-state index contributed by atoms with van der Waals surface area (Å²) in [4.78, 5) is 31.6. The fourth-order valence-corrected chi connectivity index (χ4v) is 5.09. The van der Waals surface area contributed by atoms with Gasteiger partial charge in [-0.25, -0.2) is 4.98 Å². The molecular formula is C19H12N2O2S2. The first kappa shape index (κ1) is 15.9. The van der Waals surface area contributed by atoms with Gasteiger partial charge in [-0.15, -0.1) is 22.7 Å². The van der Waals surface area contributed by atoms with Crippen molar-refractivity contribution in [1.82, 2.24) is 4.98 Å². The lowest BCUT2D eigenvalue weighted by Crippen LogP contribution is -1.99. The van der Waals surface area contributed by atoms with E-state index in [1.807, 2.05) is 19.9 Å². The molecule has 0 radical (unpaired) electrons. The van der Waals surface area contributed by atoms with Crippen molar-refractivity contribution in [2.45, 2.75) is 20.3 Å². The second-order valence-corrected chi connectivity index (χ2v) is 8.08. The molecule has 1 aromatic carbocycles. The predicted octanol–water partition coefficient (Wildman–Crippen LogP) is 4.56. The molecule has 0 unspecified atom stereocenters. The Hall–Kier alpha value is -2.62. The SMILES string of the molecule is CCc1cc2c(cc1C#N)C(=O)/C(=C\c1cc3sc(C)nc3s1)C2=O. The molecule has 2 heterocycles. The summed E-state index contributed by atoms with van der Waals surface area (Å²) in [6.45, 7) is 3.88. The van der Waals surface area contributed by atoms with Gasteiger partial charge in [0.15, 0.2) is 11.6 Å². The van der Waals surface area contributed by atoms with Gasteiger partial charge in [0, 0.05) is 16.0 Å². The molecular weight excluding hydrogens is 352 g/mol. The third-order valence-corrected chi connectivity index (χ3v) is 6.25. The Balaban J connectivity index is 1.81. The highest BCUT2D eigenvalue weighted by Gasteiger charge is 2.34. The Morgan fingerprint density at radius 3 is 2.52 bits per heavy atom. The van der Waals surface area contributed by atoms with Crippen molar-refractivity contribution in [3.8, 4) is 6.07 Å². The molecule has 0 aliphatic heterocycles. The zero-order valence-corrected chi connectivity index (χ0v) is 15.2. The maximum Gasteiger partial charge on any atom is 0.197 e. The molecule has 1 aliphatic carbocycles. The summed E-state index contributed by atoms with van der Waals surface area (Å²) in [5.41, 5.74) is 2.15. The first-order valence-electron chi connectivity index (χ1n) is 7.77. The molecule has 0 atom stereocenters. The van der Waals surface area contributed by atoms with Crippen LogP contribution in [0.5, 0.6) is 0 Å². The van der Waals surface area contributed by atoms with Gasteiger partial charge in [-0.05, 0) is 43.2 Å². The number of Topliss-reactive ketones (excluding diaryl/α,β-unsaturated/α-hetero) is 2. The second-order valence-electron chi connectivity index (χ2n) is 5.79. The van der Waals surface area contributed by atoms with E-state index in [0.717, 1.165) is 25.0 Å².